The SMILES string of the molecule is COc1cccc(CC(N)c2ccc(Br)c(F)c2)c1F. The number of benzene rings is 2. The molecular weight excluding hydrogens is 328 g/mol. The van der Waals surface area contributed by atoms with Crippen LogP contribution in [0.4, 0.5) is 8.78 Å². The van der Waals surface area contributed by atoms with Crippen molar-refractivity contribution in [2.75, 3.05) is 7.11 Å². The van der Waals surface area contributed by atoms with Gasteiger partial charge in [0.15, 0.2) is 11.6 Å². The minimum atomic E-state index is -0.487. The van der Waals surface area contributed by atoms with E-state index in [0.29, 0.717) is 15.6 Å². The fraction of sp³-hybridized carbons (Fsp3) is 0.200. The highest BCUT2D eigenvalue weighted by Gasteiger charge is 2.14. The summed E-state index contributed by atoms with van der Waals surface area (Å²) < 4.78 is 32.8. The molecule has 106 valence electrons. The van der Waals surface area contributed by atoms with E-state index in [1.807, 2.05) is 0 Å². The average Bonchev–Trinajstić information content (AvgIpc) is 2.44. The van der Waals surface area contributed by atoms with Crippen molar-refractivity contribution in [1.82, 2.24) is 0 Å². The Balaban J connectivity index is 2.23. The summed E-state index contributed by atoms with van der Waals surface area (Å²) in [5, 5.41) is 0. The van der Waals surface area contributed by atoms with E-state index in [9.17, 15) is 8.78 Å². The topological polar surface area (TPSA) is 35.2 Å². The van der Waals surface area contributed by atoms with Gasteiger partial charge in [-0.1, -0.05) is 18.2 Å². The zero-order valence-electron chi connectivity index (χ0n) is 10.9. The highest BCUT2D eigenvalue weighted by atomic mass is 79.9. The zero-order chi connectivity index (χ0) is 14.7. The van der Waals surface area contributed by atoms with Crippen molar-refractivity contribution in [3.8, 4) is 5.75 Å². The molecule has 0 heterocycles. The molecule has 0 aliphatic rings. The van der Waals surface area contributed by atoms with Gasteiger partial charge in [0.05, 0.1) is 11.6 Å². The molecule has 2 rings (SSSR count). The van der Waals surface area contributed by atoms with Gasteiger partial charge in [0.1, 0.15) is 5.82 Å². The second kappa shape index (κ2) is 6.33. The Morgan fingerprint density at radius 2 is 2.00 bits per heavy atom. The number of rotatable bonds is 4. The minimum absolute atomic E-state index is 0.177. The first-order valence-corrected chi connectivity index (χ1v) is 6.84. The summed E-state index contributed by atoms with van der Waals surface area (Å²) in [5.74, 6) is -0.635. The Morgan fingerprint density at radius 1 is 1.25 bits per heavy atom. The molecule has 0 aliphatic carbocycles. The van der Waals surface area contributed by atoms with Crippen molar-refractivity contribution in [2.24, 2.45) is 5.73 Å². The van der Waals surface area contributed by atoms with Gasteiger partial charge in [0.2, 0.25) is 0 Å². The Bertz CT molecular complexity index is 619. The summed E-state index contributed by atoms with van der Waals surface area (Å²) in [6.45, 7) is 0. The van der Waals surface area contributed by atoms with Crippen LogP contribution in [-0.4, -0.2) is 7.11 Å². The van der Waals surface area contributed by atoms with Gasteiger partial charge in [-0.15, -0.1) is 0 Å². The number of methoxy groups -OCH3 is 1. The van der Waals surface area contributed by atoms with Crippen LogP contribution >= 0.6 is 15.9 Å². The standard InChI is InChI=1S/C15H14BrF2NO/c1-20-14-4-2-3-10(15(14)18)8-13(19)9-5-6-11(16)12(17)7-9/h2-7,13H,8,19H2,1H3. The van der Waals surface area contributed by atoms with Crippen LogP contribution in [-0.2, 0) is 6.42 Å². The van der Waals surface area contributed by atoms with Crippen LogP contribution in [0.1, 0.15) is 17.2 Å². The summed E-state index contributed by atoms with van der Waals surface area (Å²) >= 11 is 3.08. The first-order chi connectivity index (χ1) is 9.52. The Hall–Kier alpha value is -1.46. The first-order valence-electron chi connectivity index (χ1n) is 6.05. The van der Waals surface area contributed by atoms with Gasteiger partial charge in [-0.05, 0) is 51.7 Å². The molecule has 1 unspecified atom stereocenters. The molecule has 0 radical (unpaired) electrons. The largest absolute Gasteiger partial charge is 0.494 e. The van der Waals surface area contributed by atoms with Crippen molar-refractivity contribution in [3.63, 3.8) is 0 Å². The third kappa shape index (κ3) is 3.16. The number of hydrogen-bond acceptors (Lipinski definition) is 2. The molecule has 5 heteroatoms. The summed E-state index contributed by atoms with van der Waals surface area (Å²) in [6.07, 6.45) is 0.268. The minimum Gasteiger partial charge on any atom is -0.494 e. The highest BCUT2D eigenvalue weighted by molar-refractivity contribution is 9.10. The van der Waals surface area contributed by atoms with E-state index in [1.165, 1.54) is 13.2 Å². The van der Waals surface area contributed by atoms with Crippen molar-refractivity contribution in [1.29, 1.82) is 0 Å². The van der Waals surface area contributed by atoms with E-state index < -0.39 is 11.9 Å². The van der Waals surface area contributed by atoms with Gasteiger partial charge >= 0.3 is 0 Å². The molecule has 0 aliphatic heterocycles. The van der Waals surface area contributed by atoms with Gasteiger partial charge in [-0.2, -0.15) is 0 Å². The van der Waals surface area contributed by atoms with Crippen LogP contribution in [0.5, 0.6) is 5.75 Å². The number of ether oxygens (including phenoxy) is 1. The number of hydrogen-bond donors (Lipinski definition) is 1. The van der Waals surface area contributed by atoms with E-state index in [2.05, 4.69) is 15.9 Å². The number of halogens is 3. The molecule has 2 nitrogen and oxygen atoms in total. The third-order valence-corrected chi connectivity index (χ3v) is 3.72. The zero-order valence-corrected chi connectivity index (χ0v) is 12.5. The summed E-state index contributed by atoms with van der Waals surface area (Å²) in [4.78, 5) is 0. The van der Waals surface area contributed by atoms with Gasteiger partial charge in [0, 0.05) is 6.04 Å². The van der Waals surface area contributed by atoms with Crippen LogP contribution in [0.2, 0.25) is 0 Å². The predicted molar refractivity (Wildman–Crippen MR) is 77.7 cm³/mol. The molecule has 0 saturated heterocycles. The number of nitrogens with two attached hydrogens (primary N) is 1. The fourth-order valence-corrected chi connectivity index (χ4v) is 2.22. The highest BCUT2D eigenvalue weighted by Crippen LogP contribution is 2.25. The molecule has 1 atom stereocenters. The second-order valence-electron chi connectivity index (χ2n) is 4.42. The molecule has 0 bridgehead atoms. The Labute approximate surface area is 124 Å². The average molecular weight is 342 g/mol. The smallest absolute Gasteiger partial charge is 0.168 e. The molecule has 2 aromatic carbocycles. The quantitative estimate of drug-likeness (QED) is 0.912. The van der Waals surface area contributed by atoms with E-state index >= 15 is 0 Å². The van der Waals surface area contributed by atoms with Crippen LogP contribution in [0, 0.1) is 11.6 Å². The van der Waals surface area contributed by atoms with E-state index in [4.69, 9.17) is 10.5 Å². The van der Waals surface area contributed by atoms with Crippen molar-refractivity contribution in [3.05, 3.63) is 63.6 Å². The summed E-state index contributed by atoms with van der Waals surface area (Å²) in [5.41, 5.74) is 7.08. The first kappa shape index (κ1) is 14.9. The molecule has 0 amide bonds. The Kier molecular flexibility index (Phi) is 4.73. The van der Waals surface area contributed by atoms with Crippen LogP contribution in [0.25, 0.3) is 0 Å². The molecule has 0 fully saturated rings. The molecule has 0 spiro atoms. The predicted octanol–water partition coefficient (Wildman–Crippen LogP) is 3.98. The van der Waals surface area contributed by atoms with Crippen LogP contribution in [0.15, 0.2) is 40.9 Å². The lowest BCUT2D eigenvalue weighted by Crippen LogP contribution is -2.14. The van der Waals surface area contributed by atoms with Gasteiger partial charge in [-0.25, -0.2) is 8.78 Å². The van der Waals surface area contributed by atoms with Gasteiger partial charge < -0.3 is 10.5 Å². The van der Waals surface area contributed by atoms with Crippen molar-refractivity contribution in [2.45, 2.75) is 12.5 Å². The molecule has 2 N–H and O–H groups in total. The monoisotopic (exact) mass is 341 g/mol. The summed E-state index contributed by atoms with van der Waals surface area (Å²) in [6, 6.07) is 9.07. The Morgan fingerprint density at radius 3 is 2.65 bits per heavy atom. The maximum atomic E-state index is 14.0. The maximum Gasteiger partial charge on any atom is 0.168 e. The molecular formula is C15H14BrF2NO. The van der Waals surface area contributed by atoms with Crippen molar-refractivity contribution >= 4 is 15.9 Å². The lowest BCUT2D eigenvalue weighted by atomic mass is 9.99. The molecule has 20 heavy (non-hydrogen) atoms. The molecule has 2 aromatic rings. The molecule has 0 aromatic heterocycles. The van der Waals surface area contributed by atoms with E-state index in [-0.39, 0.29) is 18.0 Å². The molecule has 0 saturated carbocycles. The van der Waals surface area contributed by atoms with Crippen LogP contribution < -0.4 is 10.5 Å². The maximum absolute atomic E-state index is 14.0. The van der Waals surface area contributed by atoms with E-state index in [1.54, 1.807) is 30.3 Å². The lowest BCUT2D eigenvalue weighted by molar-refractivity contribution is 0.383. The normalized spacial score (nSPS) is 12.2. The van der Waals surface area contributed by atoms with E-state index in [0.717, 1.165) is 0 Å². The fourth-order valence-electron chi connectivity index (χ4n) is 1.97. The van der Waals surface area contributed by atoms with Gasteiger partial charge in [-0.3, -0.25) is 0 Å². The van der Waals surface area contributed by atoms with Crippen molar-refractivity contribution < 1.29 is 13.5 Å². The summed E-state index contributed by atoms with van der Waals surface area (Å²) in [7, 11) is 1.41. The van der Waals surface area contributed by atoms with Gasteiger partial charge in [0.25, 0.3) is 0 Å². The second-order valence-corrected chi connectivity index (χ2v) is 5.27. The third-order valence-electron chi connectivity index (χ3n) is 3.07. The lowest BCUT2D eigenvalue weighted by Gasteiger charge is -2.14. The van der Waals surface area contributed by atoms with Crippen LogP contribution in [0.3, 0.4) is 0 Å².